The van der Waals surface area contributed by atoms with Gasteiger partial charge in [-0.1, -0.05) is 6.07 Å². The largest absolute Gasteiger partial charge is 0.416 e. The van der Waals surface area contributed by atoms with Gasteiger partial charge in [0.25, 0.3) is 0 Å². The molecular weight excluding hydrogens is 222 g/mol. The summed E-state index contributed by atoms with van der Waals surface area (Å²) in [6.45, 7) is 0.168. The van der Waals surface area contributed by atoms with E-state index < -0.39 is 23.0 Å². The molecular formula is C11H11F4N. The molecule has 0 aromatic heterocycles. The minimum atomic E-state index is -4.53. The second-order valence-electron chi connectivity index (χ2n) is 4.17. The molecule has 88 valence electrons. The second-order valence-corrected chi connectivity index (χ2v) is 4.17. The van der Waals surface area contributed by atoms with Gasteiger partial charge in [0.2, 0.25) is 0 Å². The average Bonchev–Trinajstić information content (AvgIpc) is 2.97. The van der Waals surface area contributed by atoms with Crippen LogP contribution in [0.3, 0.4) is 0 Å². The third kappa shape index (κ3) is 1.80. The molecule has 0 aliphatic heterocycles. The van der Waals surface area contributed by atoms with Crippen molar-refractivity contribution < 1.29 is 17.6 Å². The van der Waals surface area contributed by atoms with Gasteiger partial charge in [-0.05, 0) is 30.5 Å². The molecule has 0 amide bonds. The van der Waals surface area contributed by atoms with Gasteiger partial charge in [-0.25, -0.2) is 4.39 Å². The maximum absolute atomic E-state index is 12.9. The smallest absolute Gasteiger partial charge is 0.330 e. The van der Waals surface area contributed by atoms with Crippen LogP contribution in [-0.4, -0.2) is 6.54 Å². The van der Waals surface area contributed by atoms with E-state index in [4.69, 9.17) is 5.73 Å². The number of alkyl halides is 3. The van der Waals surface area contributed by atoms with Gasteiger partial charge in [-0.3, -0.25) is 0 Å². The van der Waals surface area contributed by atoms with Crippen molar-refractivity contribution in [2.45, 2.75) is 24.4 Å². The standard InChI is InChI=1S/C11H11F4N/c12-7-1-2-8(10(6-16)3-4-10)9(5-7)11(13,14)15/h1-2,5H,3-4,6,16H2. The fraction of sp³-hybridized carbons (Fsp3) is 0.455. The van der Waals surface area contributed by atoms with E-state index >= 15 is 0 Å². The minimum Gasteiger partial charge on any atom is -0.330 e. The normalized spacial score (nSPS) is 18.6. The summed E-state index contributed by atoms with van der Waals surface area (Å²) in [5, 5.41) is 0. The van der Waals surface area contributed by atoms with Crippen molar-refractivity contribution in [3.05, 3.63) is 35.1 Å². The van der Waals surface area contributed by atoms with Gasteiger partial charge in [-0.15, -0.1) is 0 Å². The van der Waals surface area contributed by atoms with Crippen molar-refractivity contribution in [2.75, 3.05) is 6.54 Å². The Kier molecular flexibility index (Phi) is 2.45. The maximum atomic E-state index is 12.9. The summed E-state index contributed by atoms with van der Waals surface area (Å²) in [5.41, 5.74) is 4.14. The lowest BCUT2D eigenvalue weighted by atomic mass is 9.91. The third-order valence-corrected chi connectivity index (χ3v) is 3.10. The Morgan fingerprint density at radius 3 is 2.31 bits per heavy atom. The zero-order valence-electron chi connectivity index (χ0n) is 8.44. The fourth-order valence-electron chi connectivity index (χ4n) is 1.95. The van der Waals surface area contributed by atoms with Crippen molar-refractivity contribution in [1.29, 1.82) is 0 Å². The van der Waals surface area contributed by atoms with E-state index in [1.165, 1.54) is 6.07 Å². The molecule has 0 spiro atoms. The fourth-order valence-corrected chi connectivity index (χ4v) is 1.95. The van der Waals surface area contributed by atoms with E-state index in [1.54, 1.807) is 0 Å². The molecule has 0 heterocycles. The molecule has 1 nitrogen and oxygen atoms in total. The van der Waals surface area contributed by atoms with Crippen LogP contribution >= 0.6 is 0 Å². The first-order valence-electron chi connectivity index (χ1n) is 4.96. The summed E-state index contributed by atoms with van der Waals surface area (Å²) >= 11 is 0. The zero-order valence-corrected chi connectivity index (χ0v) is 8.44. The van der Waals surface area contributed by atoms with E-state index in [2.05, 4.69) is 0 Å². The number of hydrogen-bond donors (Lipinski definition) is 1. The topological polar surface area (TPSA) is 26.0 Å². The van der Waals surface area contributed by atoms with Crippen LogP contribution in [0.15, 0.2) is 18.2 Å². The molecule has 1 aliphatic carbocycles. The van der Waals surface area contributed by atoms with Gasteiger partial charge in [-0.2, -0.15) is 13.2 Å². The molecule has 0 bridgehead atoms. The van der Waals surface area contributed by atoms with Gasteiger partial charge >= 0.3 is 6.18 Å². The van der Waals surface area contributed by atoms with Crippen LogP contribution in [-0.2, 0) is 11.6 Å². The Labute approximate surface area is 90.3 Å². The quantitative estimate of drug-likeness (QED) is 0.781. The minimum absolute atomic E-state index is 0.129. The highest BCUT2D eigenvalue weighted by molar-refractivity contribution is 5.41. The van der Waals surface area contributed by atoms with Crippen molar-refractivity contribution in [2.24, 2.45) is 5.73 Å². The van der Waals surface area contributed by atoms with E-state index in [0.29, 0.717) is 18.9 Å². The highest BCUT2D eigenvalue weighted by Gasteiger charge is 2.48. The Hall–Kier alpha value is -1.10. The molecule has 0 saturated heterocycles. The van der Waals surface area contributed by atoms with Crippen LogP contribution in [0.25, 0.3) is 0 Å². The highest BCUT2D eigenvalue weighted by atomic mass is 19.4. The van der Waals surface area contributed by atoms with Crippen LogP contribution in [0.5, 0.6) is 0 Å². The summed E-state index contributed by atoms with van der Waals surface area (Å²) in [4.78, 5) is 0. The van der Waals surface area contributed by atoms with Gasteiger partial charge < -0.3 is 5.73 Å². The molecule has 0 radical (unpaired) electrons. The lowest BCUT2D eigenvalue weighted by Crippen LogP contribution is -2.24. The van der Waals surface area contributed by atoms with Crippen molar-refractivity contribution in [3.63, 3.8) is 0 Å². The molecule has 1 saturated carbocycles. The molecule has 2 rings (SSSR count). The van der Waals surface area contributed by atoms with Crippen LogP contribution in [0.2, 0.25) is 0 Å². The molecule has 0 unspecified atom stereocenters. The van der Waals surface area contributed by atoms with Gasteiger partial charge in [0.15, 0.2) is 0 Å². The number of nitrogens with two attached hydrogens (primary N) is 1. The van der Waals surface area contributed by atoms with E-state index in [9.17, 15) is 17.6 Å². The maximum Gasteiger partial charge on any atom is 0.416 e. The van der Waals surface area contributed by atoms with E-state index in [-0.39, 0.29) is 12.1 Å². The Bertz CT molecular complexity index is 407. The Morgan fingerprint density at radius 2 is 1.88 bits per heavy atom. The van der Waals surface area contributed by atoms with Crippen LogP contribution in [0, 0.1) is 5.82 Å². The van der Waals surface area contributed by atoms with Crippen LogP contribution < -0.4 is 5.73 Å². The zero-order chi connectivity index (χ0) is 12.0. The molecule has 1 aromatic carbocycles. The summed E-state index contributed by atoms with van der Waals surface area (Å²) in [7, 11) is 0. The third-order valence-electron chi connectivity index (χ3n) is 3.10. The average molecular weight is 233 g/mol. The first-order chi connectivity index (χ1) is 7.39. The first-order valence-corrected chi connectivity index (χ1v) is 4.96. The summed E-state index contributed by atoms with van der Waals surface area (Å²) in [6.07, 6.45) is -3.25. The number of rotatable bonds is 2. The molecule has 5 heteroatoms. The summed E-state index contributed by atoms with van der Waals surface area (Å²) in [6, 6.07) is 2.81. The monoisotopic (exact) mass is 233 g/mol. The summed E-state index contributed by atoms with van der Waals surface area (Å²) in [5.74, 6) is -0.871. The first kappa shape index (κ1) is 11.4. The lowest BCUT2D eigenvalue weighted by Gasteiger charge is -2.19. The van der Waals surface area contributed by atoms with Crippen molar-refractivity contribution >= 4 is 0 Å². The van der Waals surface area contributed by atoms with Crippen molar-refractivity contribution in [1.82, 2.24) is 0 Å². The van der Waals surface area contributed by atoms with Crippen LogP contribution in [0.4, 0.5) is 17.6 Å². The predicted molar refractivity (Wildman–Crippen MR) is 51.4 cm³/mol. The number of halogens is 4. The molecule has 1 aromatic rings. The van der Waals surface area contributed by atoms with Gasteiger partial charge in [0, 0.05) is 12.0 Å². The molecule has 2 N–H and O–H groups in total. The SMILES string of the molecule is NCC1(c2ccc(F)cc2C(F)(F)F)CC1. The molecule has 0 atom stereocenters. The predicted octanol–water partition coefficient (Wildman–Crippen LogP) is 2.83. The second kappa shape index (κ2) is 3.45. The van der Waals surface area contributed by atoms with E-state index in [0.717, 1.165) is 6.07 Å². The van der Waals surface area contributed by atoms with Gasteiger partial charge in [0.05, 0.1) is 5.56 Å². The Balaban J connectivity index is 2.53. The highest BCUT2D eigenvalue weighted by Crippen LogP contribution is 2.51. The van der Waals surface area contributed by atoms with Gasteiger partial charge in [0.1, 0.15) is 5.82 Å². The Morgan fingerprint density at radius 1 is 1.25 bits per heavy atom. The summed E-state index contributed by atoms with van der Waals surface area (Å²) < 4.78 is 51.0. The number of benzene rings is 1. The van der Waals surface area contributed by atoms with Crippen molar-refractivity contribution in [3.8, 4) is 0 Å². The lowest BCUT2D eigenvalue weighted by molar-refractivity contribution is -0.138. The van der Waals surface area contributed by atoms with E-state index in [1.807, 2.05) is 0 Å². The molecule has 1 aliphatic rings. The van der Waals surface area contributed by atoms with Crippen LogP contribution in [0.1, 0.15) is 24.0 Å². The molecule has 1 fully saturated rings. The number of hydrogen-bond acceptors (Lipinski definition) is 1. The molecule has 16 heavy (non-hydrogen) atoms.